The molecule has 0 bridgehead atoms. The molecule has 6 heteroatoms. The van der Waals surface area contributed by atoms with Crippen LogP contribution in [0.2, 0.25) is 0 Å². The van der Waals surface area contributed by atoms with Crippen LogP contribution in [0.25, 0.3) is 0 Å². The molecule has 0 radical (unpaired) electrons. The number of carbonyl (C=O) groups is 2. The van der Waals surface area contributed by atoms with Crippen molar-refractivity contribution in [1.82, 2.24) is 0 Å². The average molecular weight is 300 g/mol. The summed E-state index contributed by atoms with van der Waals surface area (Å²) in [6.45, 7) is 1.10. The van der Waals surface area contributed by atoms with Gasteiger partial charge in [0, 0.05) is 13.0 Å². The molecule has 0 aromatic heterocycles. The minimum absolute atomic E-state index is 0. The predicted octanol–water partition coefficient (Wildman–Crippen LogP) is 2.41. The van der Waals surface area contributed by atoms with Gasteiger partial charge in [0.2, 0.25) is 0 Å². The fraction of sp³-hybridized carbons (Fsp3) is 0.857. The molecule has 128 valence electrons. The number of ether oxygens (including phenoxy) is 2. The molecule has 0 rings (SSSR count). The first-order valence-corrected chi connectivity index (χ1v) is 4.69. The quantitative estimate of drug-likeness (QED) is 0.554. The van der Waals surface area contributed by atoms with Gasteiger partial charge in [-0.05, 0) is 6.92 Å². The van der Waals surface area contributed by atoms with Gasteiger partial charge in [-0.25, -0.2) is 4.79 Å². The number of rotatable bonds is 7. The molecular formula is C14H36O6. The predicted molar refractivity (Wildman–Crippen MR) is 83.6 cm³/mol. The lowest BCUT2D eigenvalue weighted by atomic mass is 10.4. The molecule has 0 heterocycles. The molecule has 0 spiro atoms. The lowest BCUT2D eigenvalue weighted by Crippen LogP contribution is -2.27. The van der Waals surface area contributed by atoms with Crippen LogP contribution in [0.5, 0.6) is 0 Å². The lowest BCUT2D eigenvalue weighted by molar-refractivity contribution is -0.167. The van der Waals surface area contributed by atoms with Gasteiger partial charge >= 0.3 is 11.9 Å². The van der Waals surface area contributed by atoms with E-state index < -0.39 is 18.0 Å². The average Bonchev–Trinajstić information content (AvgIpc) is 2.18. The van der Waals surface area contributed by atoms with Crippen LogP contribution in [0.4, 0.5) is 0 Å². The fourth-order valence-electron chi connectivity index (χ4n) is 0.750. The second kappa shape index (κ2) is 23.0. The molecule has 0 amide bonds. The fourth-order valence-corrected chi connectivity index (χ4v) is 0.750. The number of hydrogen-bond acceptors (Lipinski definition) is 6. The molecule has 0 fully saturated rings. The van der Waals surface area contributed by atoms with Crippen LogP contribution in [0, 0.1) is 0 Å². The topological polar surface area (TPSA) is 93.1 Å². The molecule has 0 aromatic rings. The van der Waals surface area contributed by atoms with E-state index in [4.69, 9.17) is 10.2 Å². The maximum absolute atomic E-state index is 11.1. The lowest BCUT2D eigenvalue weighted by Gasteiger charge is -2.11. The largest absolute Gasteiger partial charge is 0.463 e. The van der Waals surface area contributed by atoms with E-state index in [1.54, 1.807) is 0 Å². The molecule has 0 saturated carbocycles. The van der Waals surface area contributed by atoms with Gasteiger partial charge in [-0.2, -0.15) is 0 Å². The molecule has 0 aromatic carbocycles. The summed E-state index contributed by atoms with van der Waals surface area (Å²) < 4.78 is 9.33. The molecule has 0 aliphatic carbocycles. The number of aliphatic hydroxyl groups excluding tert-OH is 2. The van der Waals surface area contributed by atoms with Crippen LogP contribution in [-0.4, -0.2) is 48.1 Å². The van der Waals surface area contributed by atoms with E-state index in [2.05, 4.69) is 9.47 Å². The Morgan fingerprint density at radius 3 is 1.90 bits per heavy atom. The van der Waals surface area contributed by atoms with Crippen molar-refractivity contribution in [2.45, 2.75) is 63.0 Å². The Hall–Kier alpha value is -1.14. The molecule has 1 atom stereocenters. The van der Waals surface area contributed by atoms with Crippen molar-refractivity contribution in [2.24, 2.45) is 0 Å². The van der Waals surface area contributed by atoms with Crippen LogP contribution in [-0.2, 0) is 19.1 Å². The highest BCUT2D eigenvalue weighted by molar-refractivity contribution is 5.78. The number of esters is 2. The minimum atomic E-state index is -0.984. The van der Waals surface area contributed by atoms with Gasteiger partial charge in [0.05, 0.1) is 19.6 Å². The summed E-state index contributed by atoms with van der Waals surface area (Å²) in [7, 11) is 0. The zero-order chi connectivity index (χ0) is 11.7. The Morgan fingerprint density at radius 1 is 1.00 bits per heavy atom. The monoisotopic (exact) mass is 300 g/mol. The first-order chi connectivity index (χ1) is 7.11. The van der Waals surface area contributed by atoms with E-state index in [1.165, 1.54) is 6.92 Å². The summed E-state index contributed by atoms with van der Waals surface area (Å²) in [6.07, 6.45) is -0.778. The van der Waals surface area contributed by atoms with Crippen LogP contribution < -0.4 is 0 Å². The Balaban J connectivity index is -0.0000000980. The van der Waals surface area contributed by atoms with Gasteiger partial charge in [0.15, 0.2) is 6.10 Å². The summed E-state index contributed by atoms with van der Waals surface area (Å²) in [5, 5.41) is 16.8. The van der Waals surface area contributed by atoms with Crippen molar-refractivity contribution >= 4 is 11.9 Å². The standard InChI is InChI=1S/C9H16O6.5CH4/c1-7(15-8(12)3-5-11)9(13)14-6-2-4-10;;;;;/h7,10-11H,2-6H2,1H3;5*1H4. The van der Waals surface area contributed by atoms with E-state index in [-0.39, 0.29) is 63.4 Å². The molecular weight excluding hydrogens is 264 g/mol. The molecule has 1 unspecified atom stereocenters. The first-order valence-electron chi connectivity index (χ1n) is 4.69. The van der Waals surface area contributed by atoms with Crippen molar-refractivity contribution in [1.29, 1.82) is 0 Å². The van der Waals surface area contributed by atoms with Crippen molar-refractivity contribution < 1.29 is 29.3 Å². The number of aliphatic hydroxyl groups is 2. The van der Waals surface area contributed by atoms with Gasteiger partial charge in [-0.1, -0.05) is 37.1 Å². The summed E-state index contributed by atoms with van der Waals surface area (Å²) in [6, 6.07) is 0. The van der Waals surface area contributed by atoms with Gasteiger partial charge in [-0.3, -0.25) is 4.79 Å². The first kappa shape index (κ1) is 36.4. The summed E-state index contributed by atoms with van der Waals surface area (Å²) in [5.74, 6) is -1.31. The van der Waals surface area contributed by atoms with Crippen molar-refractivity contribution in [3.8, 4) is 0 Å². The second-order valence-electron chi connectivity index (χ2n) is 2.85. The third-order valence-electron chi connectivity index (χ3n) is 1.50. The van der Waals surface area contributed by atoms with Crippen molar-refractivity contribution in [2.75, 3.05) is 19.8 Å². The summed E-state index contributed by atoms with van der Waals surface area (Å²) in [4.78, 5) is 22.0. The van der Waals surface area contributed by atoms with E-state index >= 15 is 0 Å². The Bertz CT molecular complexity index is 206. The molecule has 0 saturated heterocycles. The smallest absolute Gasteiger partial charge is 0.347 e. The van der Waals surface area contributed by atoms with Gasteiger partial charge in [0.25, 0.3) is 0 Å². The molecule has 0 aliphatic rings. The molecule has 2 N–H and O–H groups in total. The van der Waals surface area contributed by atoms with Crippen LogP contribution >= 0.6 is 0 Å². The molecule has 20 heavy (non-hydrogen) atoms. The summed E-state index contributed by atoms with van der Waals surface area (Å²) in [5.41, 5.74) is 0. The minimum Gasteiger partial charge on any atom is -0.463 e. The Kier molecular flexibility index (Phi) is 41.8. The highest BCUT2D eigenvalue weighted by Gasteiger charge is 2.18. The van der Waals surface area contributed by atoms with Crippen LogP contribution in [0.1, 0.15) is 56.9 Å². The Morgan fingerprint density at radius 2 is 1.50 bits per heavy atom. The van der Waals surface area contributed by atoms with Gasteiger partial charge in [-0.15, -0.1) is 0 Å². The third kappa shape index (κ3) is 19.2. The Labute approximate surface area is 125 Å². The molecule has 0 aliphatic heterocycles. The third-order valence-corrected chi connectivity index (χ3v) is 1.50. The summed E-state index contributed by atoms with van der Waals surface area (Å²) >= 11 is 0. The van der Waals surface area contributed by atoms with Crippen LogP contribution in [0.3, 0.4) is 0 Å². The SMILES string of the molecule is C.C.C.C.C.CC(OC(=O)CCO)C(=O)OCCCO. The maximum atomic E-state index is 11.1. The van der Waals surface area contributed by atoms with Gasteiger partial charge in [0.1, 0.15) is 0 Å². The maximum Gasteiger partial charge on any atom is 0.347 e. The van der Waals surface area contributed by atoms with Gasteiger partial charge < -0.3 is 19.7 Å². The highest BCUT2D eigenvalue weighted by Crippen LogP contribution is 1.98. The van der Waals surface area contributed by atoms with E-state index in [0.29, 0.717) is 6.42 Å². The highest BCUT2D eigenvalue weighted by atomic mass is 16.6. The zero-order valence-electron chi connectivity index (χ0n) is 8.64. The van der Waals surface area contributed by atoms with Crippen molar-refractivity contribution in [3.63, 3.8) is 0 Å². The second-order valence-corrected chi connectivity index (χ2v) is 2.85. The van der Waals surface area contributed by atoms with E-state index in [9.17, 15) is 9.59 Å². The van der Waals surface area contributed by atoms with E-state index in [0.717, 1.165) is 0 Å². The normalized spacial score (nSPS) is 8.95. The number of hydrogen-bond donors (Lipinski definition) is 2. The van der Waals surface area contributed by atoms with Crippen molar-refractivity contribution in [3.05, 3.63) is 0 Å². The van der Waals surface area contributed by atoms with E-state index in [1.807, 2.05) is 0 Å². The zero-order valence-corrected chi connectivity index (χ0v) is 8.64. The number of carbonyl (C=O) groups excluding carboxylic acids is 2. The molecule has 6 nitrogen and oxygen atoms in total. The van der Waals surface area contributed by atoms with Crippen LogP contribution in [0.15, 0.2) is 0 Å².